The fraction of sp³-hybridized carbons (Fsp3) is 0.556. The number of hydrogen-bond donors (Lipinski definition) is 0. The Hall–Kier alpha value is -0.720. The Balaban J connectivity index is 2.69. The Morgan fingerprint density at radius 2 is 2.10 bits per heavy atom. The largest absolute Gasteiger partial charge is 0.363 e. The van der Waals surface area contributed by atoms with Crippen LogP contribution in [0.5, 0.6) is 0 Å². The average Bonchev–Trinajstić information content (AvgIpc) is 2.11. The summed E-state index contributed by atoms with van der Waals surface area (Å²) in [5.41, 5.74) is 1.35. The molecule has 1 nitrogen and oxygen atoms in total. The Morgan fingerprint density at radius 1 is 1.50 bits per heavy atom. The SMILES string of the molecule is C=C1C=CCN1C(C)(C)C. The van der Waals surface area contributed by atoms with Crippen LogP contribution in [0.1, 0.15) is 20.8 Å². The van der Waals surface area contributed by atoms with Crippen LogP contribution in [0.3, 0.4) is 0 Å². The van der Waals surface area contributed by atoms with Crippen molar-refractivity contribution in [3.63, 3.8) is 0 Å². The van der Waals surface area contributed by atoms with Gasteiger partial charge in [0.1, 0.15) is 0 Å². The third-order valence-electron chi connectivity index (χ3n) is 1.75. The summed E-state index contributed by atoms with van der Waals surface area (Å²) in [6.45, 7) is 11.6. The monoisotopic (exact) mass is 137 g/mol. The van der Waals surface area contributed by atoms with Crippen molar-refractivity contribution in [3.8, 4) is 0 Å². The fourth-order valence-corrected chi connectivity index (χ4v) is 1.21. The standard InChI is InChI=1S/C9H15N/c1-8-6-5-7-10(8)9(2,3)4/h5-6H,1,7H2,2-4H3. The van der Waals surface area contributed by atoms with Crippen LogP contribution in [0, 0.1) is 0 Å². The predicted octanol–water partition coefficient (Wildman–Crippen LogP) is 2.17. The van der Waals surface area contributed by atoms with Crippen LogP contribution in [-0.4, -0.2) is 17.0 Å². The van der Waals surface area contributed by atoms with E-state index in [1.54, 1.807) is 0 Å². The van der Waals surface area contributed by atoms with Gasteiger partial charge in [-0.3, -0.25) is 0 Å². The average molecular weight is 137 g/mol. The van der Waals surface area contributed by atoms with Crippen molar-refractivity contribution in [2.75, 3.05) is 6.54 Å². The lowest BCUT2D eigenvalue weighted by Gasteiger charge is -2.34. The molecule has 56 valence electrons. The first-order chi connectivity index (χ1) is 4.52. The zero-order valence-electron chi connectivity index (χ0n) is 7.02. The van der Waals surface area contributed by atoms with Gasteiger partial charge in [0.15, 0.2) is 0 Å². The number of allylic oxidation sites excluding steroid dienone is 1. The molecule has 0 spiro atoms. The lowest BCUT2D eigenvalue weighted by atomic mass is 10.1. The number of hydrogen-bond acceptors (Lipinski definition) is 1. The van der Waals surface area contributed by atoms with E-state index in [0.717, 1.165) is 12.2 Å². The summed E-state index contributed by atoms with van der Waals surface area (Å²) in [6, 6.07) is 0. The number of nitrogens with zero attached hydrogens (tertiary/aromatic N) is 1. The summed E-state index contributed by atoms with van der Waals surface area (Å²) in [6.07, 6.45) is 4.22. The van der Waals surface area contributed by atoms with Crippen molar-refractivity contribution in [1.29, 1.82) is 0 Å². The second kappa shape index (κ2) is 2.15. The molecule has 0 aromatic carbocycles. The molecule has 1 aliphatic heterocycles. The first-order valence-corrected chi connectivity index (χ1v) is 3.65. The van der Waals surface area contributed by atoms with Crippen LogP contribution in [0.15, 0.2) is 24.4 Å². The van der Waals surface area contributed by atoms with Crippen LogP contribution < -0.4 is 0 Å². The summed E-state index contributed by atoms with van der Waals surface area (Å²) >= 11 is 0. The van der Waals surface area contributed by atoms with E-state index in [-0.39, 0.29) is 5.54 Å². The lowest BCUT2D eigenvalue weighted by molar-refractivity contribution is 0.221. The minimum atomic E-state index is 0.223. The molecule has 1 aliphatic rings. The smallest absolute Gasteiger partial charge is 0.0368 e. The summed E-state index contributed by atoms with van der Waals surface area (Å²) in [7, 11) is 0. The molecule has 0 saturated carbocycles. The summed E-state index contributed by atoms with van der Waals surface area (Å²) < 4.78 is 0. The van der Waals surface area contributed by atoms with Crippen LogP contribution in [0.25, 0.3) is 0 Å². The van der Waals surface area contributed by atoms with E-state index in [0.29, 0.717) is 0 Å². The molecule has 0 fully saturated rings. The van der Waals surface area contributed by atoms with Gasteiger partial charge in [-0.1, -0.05) is 12.7 Å². The molecule has 0 atom stereocenters. The van der Waals surface area contributed by atoms with Crippen molar-refractivity contribution in [2.45, 2.75) is 26.3 Å². The summed E-state index contributed by atoms with van der Waals surface area (Å²) in [5, 5.41) is 0. The molecule has 10 heavy (non-hydrogen) atoms. The lowest BCUT2D eigenvalue weighted by Crippen LogP contribution is -2.37. The molecule has 1 rings (SSSR count). The summed E-state index contributed by atoms with van der Waals surface area (Å²) in [4.78, 5) is 2.28. The van der Waals surface area contributed by atoms with Crippen LogP contribution >= 0.6 is 0 Å². The first kappa shape index (κ1) is 7.39. The highest BCUT2D eigenvalue weighted by Gasteiger charge is 2.22. The van der Waals surface area contributed by atoms with Gasteiger partial charge in [-0.25, -0.2) is 0 Å². The minimum absolute atomic E-state index is 0.223. The zero-order chi connectivity index (χ0) is 7.78. The Bertz CT molecular complexity index is 172. The molecule has 0 saturated heterocycles. The second-order valence-electron chi connectivity index (χ2n) is 3.68. The van der Waals surface area contributed by atoms with Gasteiger partial charge in [0.25, 0.3) is 0 Å². The quantitative estimate of drug-likeness (QED) is 0.494. The molecule has 0 unspecified atom stereocenters. The highest BCUT2D eigenvalue weighted by Crippen LogP contribution is 2.22. The van der Waals surface area contributed by atoms with Gasteiger partial charge in [-0.05, 0) is 26.8 Å². The number of rotatable bonds is 0. The first-order valence-electron chi connectivity index (χ1n) is 3.65. The maximum absolute atomic E-state index is 3.94. The molecule has 0 bridgehead atoms. The summed E-state index contributed by atoms with van der Waals surface area (Å²) in [5.74, 6) is 0. The van der Waals surface area contributed by atoms with Crippen LogP contribution in [0.2, 0.25) is 0 Å². The molecule has 0 aromatic heterocycles. The van der Waals surface area contributed by atoms with Gasteiger partial charge in [-0.2, -0.15) is 0 Å². The van der Waals surface area contributed by atoms with E-state index in [4.69, 9.17) is 0 Å². The van der Waals surface area contributed by atoms with E-state index < -0.39 is 0 Å². The molecular formula is C9H15N. The Labute approximate surface area is 63.0 Å². The normalized spacial score (nSPS) is 18.7. The van der Waals surface area contributed by atoms with Gasteiger partial charge in [0, 0.05) is 17.8 Å². The van der Waals surface area contributed by atoms with Gasteiger partial charge < -0.3 is 4.90 Å². The Morgan fingerprint density at radius 3 is 2.30 bits per heavy atom. The van der Waals surface area contributed by atoms with Crippen molar-refractivity contribution in [3.05, 3.63) is 24.4 Å². The van der Waals surface area contributed by atoms with E-state index in [1.165, 1.54) is 0 Å². The molecule has 0 N–H and O–H groups in total. The highest BCUT2D eigenvalue weighted by molar-refractivity contribution is 5.22. The highest BCUT2D eigenvalue weighted by atomic mass is 15.2. The molecule has 0 aromatic rings. The van der Waals surface area contributed by atoms with E-state index in [9.17, 15) is 0 Å². The Kier molecular flexibility index (Phi) is 1.59. The van der Waals surface area contributed by atoms with Crippen molar-refractivity contribution in [1.82, 2.24) is 4.90 Å². The molecule has 1 heterocycles. The van der Waals surface area contributed by atoms with Crippen molar-refractivity contribution < 1.29 is 0 Å². The van der Waals surface area contributed by atoms with Gasteiger partial charge in [0.05, 0.1) is 0 Å². The van der Waals surface area contributed by atoms with Gasteiger partial charge in [-0.15, -0.1) is 0 Å². The third kappa shape index (κ3) is 1.23. The van der Waals surface area contributed by atoms with E-state index >= 15 is 0 Å². The van der Waals surface area contributed by atoms with E-state index in [1.807, 2.05) is 0 Å². The maximum atomic E-state index is 3.94. The van der Waals surface area contributed by atoms with E-state index in [2.05, 4.69) is 44.4 Å². The van der Waals surface area contributed by atoms with Gasteiger partial charge in [0.2, 0.25) is 0 Å². The van der Waals surface area contributed by atoms with Crippen molar-refractivity contribution in [2.24, 2.45) is 0 Å². The predicted molar refractivity (Wildman–Crippen MR) is 44.7 cm³/mol. The molecule has 0 aliphatic carbocycles. The maximum Gasteiger partial charge on any atom is 0.0368 e. The van der Waals surface area contributed by atoms with Crippen molar-refractivity contribution >= 4 is 0 Å². The van der Waals surface area contributed by atoms with Crippen LogP contribution in [-0.2, 0) is 0 Å². The van der Waals surface area contributed by atoms with Crippen LogP contribution in [0.4, 0.5) is 0 Å². The third-order valence-corrected chi connectivity index (χ3v) is 1.75. The zero-order valence-corrected chi connectivity index (χ0v) is 7.02. The fourth-order valence-electron chi connectivity index (χ4n) is 1.21. The molecule has 0 amide bonds. The molecule has 1 heteroatoms. The minimum Gasteiger partial charge on any atom is -0.363 e. The molecule has 0 radical (unpaired) electrons. The van der Waals surface area contributed by atoms with Gasteiger partial charge >= 0.3 is 0 Å². The molecular weight excluding hydrogens is 122 g/mol. The topological polar surface area (TPSA) is 3.24 Å². The second-order valence-corrected chi connectivity index (χ2v) is 3.68.